The Balaban J connectivity index is 1.21. The Labute approximate surface area is 206 Å². The normalized spacial score (nSPS) is 20.9. The molecule has 2 N–H and O–H groups in total. The van der Waals surface area contributed by atoms with Gasteiger partial charge in [0.1, 0.15) is 12.3 Å². The summed E-state index contributed by atoms with van der Waals surface area (Å²) >= 11 is 1.12. The second kappa shape index (κ2) is 8.81. The molecule has 0 saturated carbocycles. The first-order chi connectivity index (χ1) is 16.8. The Morgan fingerprint density at radius 2 is 1.77 bits per heavy atom. The van der Waals surface area contributed by atoms with Crippen molar-refractivity contribution in [1.29, 1.82) is 0 Å². The highest BCUT2D eigenvalue weighted by atomic mass is 32.1. The van der Waals surface area contributed by atoms with E-state index in [0.29, 0.717) is 6.54 Å². The molecule has 0 spiro atoms. The SMILES string of the molecule is C[C@H]1CN(C(=O)c2csc(NC(=O)OCC3c4ccccc4-c4ccccc43)n2)C[C@]1(C)C(=O)O. The number of thiazole rings is 1. The van der Waals surface area contributed by atoms with Crippen LogP contribution in [0.2, 0.25) is 0 Å². The third kappa shape index (κ3) is 4.05. The fraction of sp³-hybridized carbons (Fsp3) is 0.308. The van der Waals surface area contributed by atoms with Crippen molar-refractivity contribution >= 4 is 34.4 Å². The lowest BCUT2D eigenvalue weighted by Crippen LogP contribution is -2.36. The van der Waals surface area contributed by atoms with Gasteiger partial charge in [0.25, 0.3) is 5.91 Å². The smallest absolute Gasteiger partial charge is 0.413 e. The topological polar surface area (TPSA) is 109 Å². The molecule has 180 valence electrons. The molecule has 1 saturated heterocycles. The molecule has 2 heterocycles. The van der Waals surface area contributed by atoms with Crippen molar-refractivity contribution in [2.75, 3.05) is 25.0 Å². The van der Waals surface area contributed by atoms with Crippen molar-refractivity contribution < 1.29 is 24.2 Å². The predicted octanol–water partition coefficient (Wildman–Crippen LogP) is 4.69. The minimum absolute atomic E-state index is 0.0534. The summed E-state index contributed by atoms with van der Waals surface area (Å²) in [4.78, 5) is 42.8. The van der Waals surface area contributed by atoms with E-state index >= 15 is 0 Å². The molecule has 1 aromatic heterocycles. The van der Waals surface area contributed by atoms with Crippen LogP contribution < -0.4 is 5.32 Å². The maximum atomic E-state index is 12.9. The first kappa shape index (κ1) is 23.0. The molecule has 1 aliphatic carbocycles. The molecule has 9 heteroatoms. The molecule has 3 aromatic rings. The van der Waals surface area contributed by atoms with Gasteiger partial charge < -0.3 is 14.7 Å². The maximum absolute atomic E-state index is 12.9. The van der Waals surface area contributed by atoms with E-state index in [1.165, 1.54) is 4.90 Å². The second-order valence-corrected chi connectivity index (χ2v) is 10.2. The number of carbonyl (C=O) groups excluding carboxylic acids is 2. The molecule has 2 atom stereocenters. The van der Waals surface area contributed by atoms with Crippen LogP contribution in [0, 0.1) is 11.3 Å². The zero-order chi connectivity index (χ0) is 24.7. The molecule has 1 aliphatic heterocycles. The zero-order valence-corrected chi connectivity index (χ0v) is 20.2. The van der Waals surface area contributed by atoms with Crippen molar-refractivity contribution in [3.63, 3.8) is 0 Å². The molecule has 35 heavy (non-hydrogen) atoms. The van der Waals surface area contributed by atoms with Gasteiger partial charge in [0.2, 0.25) is 0 Å². The van der Waals surface area contributed by atoms with Gasteiger partial charge in [0.15, 0.2) is 5.13 Å². The van der Waals surface area contributed by atoms with Gasteiger partial charge >= 0.3 is 12.1 Å². The quantitative estimate of drug-likeness (QED) is 0.536. The molecule has 2 amide bonds. The van der Waals surface area contributed by atoms with Crippen molar-refractivity contribution in [3.8, 4) is 11.1 Å². The molecule has 2 aromatic carbocycles. The van der Waals surface area contributed by atoms with Crippen LogP contribution in [-0.4, -0.2) is 52.7 Å². The van der Waals surface area contributed by atoms with Gasteiger partial charge in [-0.25, -0.2) is 9.78 Å². The van der Waals surface area contributed by atoms with Crippen molar-refractivity contribution in [2.24, 2.45) is 11.3 Å². The highest BCUT2D eigenvalue weighted by molar-refractivity contribution is 7.14. The molecule has 2 aliphatic rings. The first-order valence-electron chi connectivity index (χ1n) is 11.4. The number of nitrogens with zero attached hydrogens (tertiary/aromatic N) is 2. The van der Waals surface area contributed by atoms with Crippen LogP contribution >= 0.6 is 11.3 Å². The first-order valence-corrected chi connectivity index (χ1v) is 12.3. The number of anilines is 1. The van der Waals surface area contributed by atoms with Gasteiger partial charge in [-0.15, -0.1) is 11.3 Å². The summed E-state index contributed by atoms with van der Waals surface area (Å²) in [6, 6.07) is 16.2. The van der Waals surface area contributed by atoms with Crippen LogP contribution in [-0.2, 0) is 9.53 Å². The summed E-state index contributed by atoms with van der Waals surface area (Å²) in [5, 5.41) is 14.0. The Morgan fingerprint density at radius 3 is 2.37 bits per heavy atom. The van der Waals surface area contributed by atoms with E-state index in [1.54, 1.807) is 12.3 Å². The molecule has 0 bridgehead atoms. The van der Waals surface area contributed by atoms with Crippen molar-refractivity contribution in [2.45, 2.75) is 19.8 Å². The number of amides is 2. The highest BCUT2D eigenvalue weighted by Crippen LogP contribution is 2.44. The Morgan fingerprint density at radius 1 is 1.14 bits per heavy atom. The number of hydrogen-bond acceptors (Lipinski definition) is 6. The number of likely N-dealkylation sites (tertiary alicyclic amines) is 1. The van der Waals surface area contributed by atoms with E-state index in [9.17, 15) is 19.5 Å². The van der Waals surface area contributed by atoms with E-state index in [0.717, 1.165) is 33.6 Å². The fourth-order valence-corrected chi connectivity index (χ4v) is 5.57. The van der Waals surface area contributed by atoms with Crippen LogP contribution in [0.15, 0.2) is 53.9 Å². The van der Waals surface area contributed by atoms with Crippen LogP contribution in [0.25, 0.3) is 11.1 Å². The summed E-state index contributed by atoms with van der Waals surface area (Å²) in [6.45, 7) is 4.12. The van der Waals surface area contributed by atoms with Crippen LogP contribution in [0.5, 0.6) is 0 Å². The third-order valence-electron chi connectivity index (χ3n) is 7.15. The lowest BCUT2D eigenvalue weighted by atomic mass is 9.81. The third-order valence-corrected chi connectivity index (χ3v) is 7.91. The number of aliphatic carboxylic acids is 1. The number of nitrogens with one attached hydrogen (secondary N) is 1. The molecule has 0 radical (unpaired) electrons. The summed E-state index contributed by atoms with van der Waals surface area (Å²) < 4.78 is 5.54. The average molecular weight is 492 g/mol. The molecular weight excluding hydrogens is 466 g/mol. The van der Waals surface area contributed by atoms with Crippen molar-refractivity contribution in [1.82, 2.24) is 9.88 Å². The number of carboxylic acid groups (broad SMARTS) is 1. The molecule has 0 unspecified atom stereocenters. The Hall–Kier alpha value is -3.72. The lowest BCUT2D eigenvalue weighted by molar-refractivity contribution is -0.148. The lowest BCUT2D eigenvalue weighted by Gasteiger charge is -2.22. The Kier molecular flexibility index (Phi) is 5.80. The average Bonchev–Trinajstić information content (AvgIpc) is 3.52. The van der Waals surface area contributed by atoms with Gasteiger partial charge in [0, 0.05) is 24.4 Å². The predicted molar refractivity (Wildman–Crippen MR) is 132 cm³/mol. The van der Waals surface area contributed by atoms with Crippen LogP contribution in [0.1, 0.15) is 41.4 Å². The zero-order valence-electron chi connectivity index (χ0n) is 19.4. The summed E-state index contributed by atoms with van der Waals surface area (Å²) in [5.41, 5.74) is 3.72. The molecule has 8 nitrogen and oxygen atoms in total. The highest BCUT2D eigenvalue weighted by Gasteiger charge is 2.48. The standard InChI is InChI=1S/C26H25N3O5S/c1-15-11-29(14-26(15,2)23(31)32)22(30)21-13-35-24(27-21)28-25(33)34-12-20-18-9-5-3-7-16(18)17-8-4-6-10-19(17)20/h3-10,13,15,20H,11-12,14H2,1-2H3,(H,31,32)(H,27,28,33)/t15-,26-/m0/s1. The number of hydrogen-bond donors (Lipinski definition) is 2. The van der Waals surface area contributed by atoms with Crippen LogP contribution in [0.4, 0.5) is 9.93 Å². The summed E-state index contributed by atoms with van der Waals surface area (Å²) in [6.07, 6.45) is -0.645. The molecule has 1 fully saturated rings. The van der Waals surface area contributed by atoms with E-state index in [-0.39, 0.29) is 41.7 Å². The number of rotatable bonds is 5. The van der Waals surface area contributed by atoms with E-state index in [2.05, 4.69) is 34.6 Å². The molecular formula is C26H25N3O5S. The number of fused-ring (bicyclic) bond motifs is 3. The van der Waals surface area contributed by atoms with E-state index in [1.807, 2.05) is 31.2 Å². The van der Waals surface area contributed by atoms with E-state index in [4.69, 9.17) is 4.74 Å². The largest absolute Gasteiger partial charge is 0.481 e. The van der Waals surface area contributed by atoms with Gasteiger partial charge in [-0.05, 0) is 35.1 Å². The van der Waals surface area contributed by atoms with Gasteiger partial charge in [0.05, 0.1) is 5.41 Å². The minimum atomic E-state index is -0.992. The van der Waals surface area contributed by atoms with Crippen molar-refractivity contribution in [3.05, 3.63) is 70.7 Å². The number of carboxylic acids is 1. The monoisotopic (exact) mass is 491 g/mol. The van der Waals surface area contributed by atoms with E-state index < -0.39 is 17.5 Å². The number of carbonyl (C=O) groups is 3. The number of benzene rings is 2. The number of ether oxygens (including phenoxy) is 1. The summed E-state index contributed by atoms with van der Waals surface area (Å²) in [5.74, 6) is -1.50. The number of aromatic nitrogens is 1. The Bertz CT molecular complexity index is 1280. The van der Waals surface area contributed by atoms with Gasteiger partial charge in [-0.2, -0.15) is 0 Å². The van der Waals surface area contributed by atoms with Gasteiger partial charge in [-0.3, -0.25) is 14.9 Å². The summed E-state index contributed by atoms with van der Waals surface area (Å²) in [7, 11) is 0. The molecule has 5 rings (SSSR count). The van der Waals surface area contributed by atoms with Crippen LogP contribution in [0.3, 0.4) is 0 Å². The minimum Gasteiger partial charge on any atom is -0.481 e. The fourth-order valence-electron chi connectivity index (χ4n) is 4.90. The van der Waals surface area contributed by atoms with Gasteiger partial charge in [-0.1, -0.05) is 55.5 Å². The maximum Gasteiger partial charge on any atom is 0.413 e. The second-order valence-electron chi connectivity index (χ2n) is 9.30.